The lowest BCUT2D eigenvalue weighted by Gasteiger charge is -2.36. The number of aromatic nitrogens is 4. The summed E-state index contributed by atoms with van der Waals surface area (Å²) in [6.07, 6.45) is 7.96. The Morgan fingerprint density at radius 2 is 1.77 bits per heavy atom. The molecule has 1 amide bonds. The summed E-state index contributed by atoms with van der Waals surface area (Å²) in [6, 6.07) is 10.5. The third-order valence-corrected chi connectivity index (χ3v) is 6.32. The topological polar surface area (TPSA) is 67.2 Å². The number of nitrogens with zero attached hydrogens (tertiary/aromatic N) is 6. The summed E-state index contributed by atoms with van der Waals surface area (Å²) in [5, 5.41) is 0. The van der Waals surface area contributed by atoms with Crippen LogP contribution in [0.1, 0.15) is 29.8 Å². The average molecular weight is 403 g/mol. The highest BCUT2D eigenvalue weighted by Crippen LogP contribution is 2.27. The molecular formula is C23H26N6O. The van der Waals surface area contributed by atoms with E-state index in [4.69, 9.17) is 0 Å². The molecule has 2 aliphatic heterocycles. The van der Waals surface area contributed by atoms with Gasteiger partial charge in [-0.3, -0.25) is 9.36 Å². The first kappa shape index (κ1) is 18.8. The molecule has 7 nitrogen and oxygen atoms in total. The zero-order valence-corrected chi connectivity index (χ0v) is 17.2. The number of anilines is 1. The summed E-state index contributed by atoms with van der Waals surface area (Å²) in [5.74, 6) is 3.03. The summed E-state index contributed by atoms with van der Waals surface area (Å²) in [7, 11) is 0. The smallest absolute Gasteiger partial charge is 0.226 e. The van der Waals surface area contributed by atoms with Crippen molar-refractivity contribution >= 4 is 11.7 Å². The maximum atomic E-state index is 13.1. The number of carbonyl (C=O) groups excluding carboxylic acids is 1. The van der Waals surface area contributed by atoms with Crippen molar-refractivity contribution < 1.29 is 4.79 Å². The van der Waals surface area contributed by atoms with Crippen molar-refractivity contribution in [3.05, 3.63) is 66.0 Å². The first-order valence-corrected chi connectivity index (χ1v) is 10.6. The van der Waals surface area contributed by atoms with E-state index in [1.807, 2.05) is 28.7 Å². The number of fused-ring (bicyclic) bond motifs is 1. The van der Waals surface area contributed by atoms with Crippen LogP contribution < -0.4 is 4.90 Å². The molecule has 0 N–H and O–H groups in total. The van der Waals surface area contributed by atoms with Gasteiger partial charge >= 0.3 is 0 Å². The van der Waals surface area contributed by atoms with Crippen molar-refractivity contribution in [1.29, 1.82) is 0 Å². The zero-order chi connectivity index (χ0) is 20.5. The number of carbonyl (C=O) groups is 1. The van der Waals surface area contributed by atoms with E-state index in [1.54, 1.807) is 12.5 Å². The summed E-state index contributed by atoms with van der Waals surface area (Å²) in [6.45, 7) is 5.20. The van der Waals surface area contributed by atoms with Crippen molar-refractivity contribution in [3.63, 3.8) is 0 Å². The van der Waals surface area contributed by atoms with Crippen LogP contribution in [0, 0.1) is 12.8 Å². The maximum absolute atomic E-state index is 13.1. The molecule has 3 aromatic rings. The van der Waals surface area contributed by atoms with Gasteiger partial charge in [-0.15, -0.1) is 0 Å². The van der Waals surface area contributed by atoms with Gasteiger partial charge in [-0.05, 0) is 37.3 Å². The Bertz CT molecular complexity index is 1050. The number of aryl methyl sites for hydroxylation is 1. The van der Waals surface area contributed by atoms with E-state index < -0.39 is 0 Å². The van der Waals surface area contributed by atoms with Gasteiger partial charge in [0, 0.05) is 50.6 Å². The van der Waals surface area contributed by atoms with E-state index in [0.717, 1.165) is 62.9 Å². The molecule has 0 saturated carbocycles. The Hall–Kier alpha value is -3.22. The van der Waals surface area contributed by atoms with Gasteiger partial charge in [0.2, 0.25) is 5.91 Å². The van der Waals surface area contributed by atoms with Gasteiger partial charge in [0.15, 0.2) is 0 Å². The normalized spacial score (nSPS) is 17.1. The second kappa shape index (κ2) is 7.89. The van der Waals surface area contributed by atoms with Crippen molar-refractivity contribution in [2.24, 2.45) is 5.92 Å². The summed E-state index contributed by atoms with van der Waals surface area (Å²) < 4.78 is 1.95. The molecular weight excluding hydrogens is 376 g/mol. The van der Waals surface area contributed by atoms with E-state index >= 15 is 0 Å². The van der Waals surface area contributed by atoms with Crippen LogP contribution in [-0.4, -0.2) is 50.0 Å². The van der Waals surface area contributed by atoms with Crippen LogP contribution in [0.15, 0.2) is 49.1 Å². The van der Waals surface area contributed by atoms with Crippen LogP contribution in [0.2, 0.25) is 0 Å². The maximum Gasteiger partial charge on any atom is 0.226 e. The van der Waals surface area contributed by atoms with Gasteiger partial charge in [0.05, 0.1) is 0 Å². The highest BCUT2D eigenvalue weighted by Gasteiger charge is 2.30. The molecule has 0 unspecified atom stereocenters. The Labute approximate surface area is 176 Å². The highest BCUT2D eigenvalue weighted by atomic mass is 16.2. The fourth-order valence-corrected chi connectivity index (χ4v) is 4.56. The van der Waals surface area contributed by atoms with Gasteiger partial charge in [-0.25, -0.2) is 15.0 Å². The quantitative estimate of drug-likeness (QED) is 0.674. The lowest BCUT2D eigenvalue weighted by molar-refractivity contribution is -0.137. The number of hydrogen-bond acceptors (Lipinski definition) is 5. The molecule has 154 valence electrons. The lowest BCUT2D eigenvalue weighted by Crippen LogP contribution is -2.44. The fraction of sp³-hybridized carbons (Fsp3) is 0.391. The lowest BCUT2D eigenvalue weighted by atomic mass is 9.93. The number of amides is 1. The van der Waals surface area contributed by atoms with Crippen molar-refractivity contribution in [2.45, 2.75) is 32.7 Å². The molecule has 0 spiro atoms. The van der Waals surface area contributed by atoms with E-state index in [9.17, 15) is 4.79 Å². The third kappa shape index (κ3) is 3.56. The van der Waals surface area contributed by atoms with E-state index in [1.165, 1.54) is 11.1 Å². The van der Waals surface area contributed by atoms with E-state index in [0.29, 0.717) is 5.91 Å². The minimum absolute atomic E-state index is 0.101. The monoisotopic (exact) mass is 402 g/mol. The molecule has 0 bridgehead atoms. The van der Waals surface area contributed by atoms with Crippen molar-refractivity contribution in [1.82, 2.24) is 24.4 Å². The van der Waals surface area contributed by atoms with Gasteiger partial charge in [-0.1, -0.05) is 24.3 Å². The largest absolute Gasteiger partial charge is 0.356 e. The Kier molecular flexibility index (Phi) is 4.94. The minimum atomic E-state index is 0.101. The summed E-state index contributed by atoms with van der Waals surface area (Å²) >= 11 is 0. The predicted molar refractivity (Wildman–Crippen MR) is 114 cm³/mol. The first-order valence-electron chi connectivity index (χ1n) is 10.6. The molecule has 1 fully saturated rings. The molecule has 0 aliphatic carbocycles. The third-order valence-electron chi connectivity index (χ3n) is 6.32. The molecule has 1 saturated heterocycles. The molecule has 0 radical (unpaired) electrons. The summed E-state index contributed by atoms with van der Waals surface area (Å²) in [4.78, 5) is 30.6. The van der Waals surface area contributed by atoms with Crippen LogP contribution in [0.5, 0.6) is 0 Å². The van der Waals surface area contributed by atoms with Crippen LogP contribution in [0.4, 0.5) is 5.82 Å². The van der Waals surface area contributed by atoms with E-state index in [-0.39, 0.29) is 5.92 Å². The number of imidazole rings is 1. The van der Waals surface area contributed by atoms with E-state index in [2.05, 4.69) is 44.1 Å². The second-order valence-electron chi connectivity index (χ2n) is 8.12. The second-order valence-corrected chi connectivity index (χ2v) is 8.12. The van der Waals surface area contributed by atoms with Crippen molar-refractivity contribution in [2.75, 3.05) is 24.5 Å². The predicted octanol–water partition coefficient (Wildman–Crippen LogP) is 2.77. The molecule has 2 aliphatic rings. The number of rotatable bonds is 3. The molecule has 4 heterocycles. The minimum Gasteiger partial charge on any atom is -0.356 e. The fourth-order valence-electron chi connectivity index (χ4n) is 4.56. The molecule has 1 aromatic carbocycles. The molecule has 5 rings (SSSR count). The SMILES string of the molecule is Cc1nccn1-c1cc(N2CCC(C(=O)N3CCc4ccccc4C3)CC2)ncn1. The molecule has 2 aromatic heterocycles. The number of benzene rings is 1. The van der Waals surface area contributed by atoms with Gasteiger partial charge in [0.25, 0.3) is 0 Å². The Balaban J connectivity index is 1.23. The first-order chi connectivity index (χ1) is 14.7. The zero-order valence-electron chi connectivity index (χ0n) is 17.2. The van der Waals surface area contributed by atoms with Gasteiger partial charge in [-0.2, -0.15) is 0 Å². The Morgan fingerprint density at radius 1 is 1.00 bits per heavy atom. The highest BCUT2D eigenvalue weighted by molar-refractivity contribution is 5.79. The van der Waals surface area contributed by atoms with Crippen LogP contribution in [-0.2, 0) is 17.8 Å². The van der Waals surface area contributed by atoms with Crippen LogP contribution in [0.25, 0.3) is 5.82 Å². The van der Waals surface area contributed by atoms with Crippen molar-refractivity contribution in [3.8, 4) is 5.82 Å². The number of hydrogen-bond donors (Lipinski definition) is 0. The van der Waals surface area contributed by atoms with Crippen LogP contribution in [0.3, 0.4) is 0 Å². The molecule has 30 heavy (non-hydrogen) atoms. The number of piperidine rings is 1. The Morgan fingerprint density at radius 3 is 2.53 bits per heavy atom. The summed E-state index contributed by atoms with van der Waals surface area (Å²) in [5.41, 5.74) is 2.67. The van der Waals surface area contributed by atoms with Crippen LogP contribution >= 0.6 is 0 Å². The average Bonchev–Trinajstić information content (AvgIpc) is 3.24. The molecule has 7 heteroatoms. The molecule has 0 atom stereocenters. The van der Waals surface area contributed by atoms with Gasteiger partial charge in [0.1, 0.15) is 23.8 Å². The van der Waals surface area contributed by atoms with Gasteiger partial charge < -0.3 is 9.80 Å². The standard InChI is InChI=1S/C23H26N6O/c1-17-24-9-13-29(17)22-14-21(25-16-26-22)27-10-7-19(8-11-27)23(30)28-12-6-18-4-2-3-5-20(18)15-28/h2-5,9,13-14,16,19H,6-8,10-12,15H2,1H3.